The number of nitrogens with zero attached hydrogens (tertiary/aromatic N) is 10. The zero-order chi connectivity index (χ0) is 77.4. The van der Waals surface area contributed by atoms with E-state index in [-0.39, 0.29) is 53.5 Å². The van der Waals surface area contributed by atoms with Gasteiger partial charge >= 0.3 is 11.9 Å². The number of hydrogen-bond acceptors (Lipinski definition) is 17. The minimum absolute atomic E-state index is 0.00693. The number of likely N-dealkylation sites (tertiary alicyclic amines) is 4. The van der Waals surface area contributed by atoms with Crippen LogP contribution in [-0.2, 0) is 40.1 Å². The van der Waals surface area contributed by atoms with Crippen LogP contribution in [0, 0.1) is 115 Å². The van der Waals surface area contributed by atoms with Crippen LogP contribution in [0.3, 0.4) is 0 Å². The van der Waals surface area contributed by atoms with Crippen molar-refractivity contribution < 1.29 is 46.8 Å². The zero-order valence-corrected chi connectivity index (χ0v) is 63.6. The summed E-state index contributed by atoms with van der Waals surface area (Å²) in [6.45, 7) is 13.2. The molecule has 6 fully saturated rings. The number of halogens is 2. The summed E-state index contributed by atoms with van der Waals surface area (Å²) >= 11 is 0. The van der Waals surface area contributed by atoms with Gasteiger partial charge in [0.25, 0.3) is 0 Å². The van der Waals surface area contributed by atoms with Crippen molar-refractivity contribution in [2.45, 2.75) is 157 Å². The molecule has 0 bridgehead atoms. The zero-order valence-electron chi connectivity index (χ0n) is 63.6. The molecule has 0 spiro atoms. The maximum atomic E-state index is 18.6. The first-order chi connectivity index (χ1) is 53.4. The Morgan fingerprint density at radius 2 is 0.827 bits per heavy atom. The Kier molecular flexibility index (Phi) is 26.4. The number of amides is 1. The molecule has 12 rings (SSSR count). The highest BCUT2D eigenvalue weighted by atomic mass is 19.1. The number of ether oxygens (including phenoxy) is 5. The molecule has 110 heavy (non-hydrogen) atoms. The minimum atomic E-state index is -1.53. The molecule has 0 aromatic heterocycles. The summed E-state index contributed by atoms with van der Waals surface area (Å²) < 4.78 is 66.1. The van der Waals surface area contributed by atoms with Crippen molar-refractivity contribution in [2.24, 2.45) is 35.5 Å². The van der Waals surface area contributed by atoms with Crippen molar-refractivity contribution in [2.75, 3.05) is 91.8 Å². The third kappa shape index (κ3) is 17.7. The van der Waals surface area contributed by atoms with Gasteiger partial charge in [-0.05, 0) is 273 Å². The largest absolute Gasteiger partial charge is 0.494 e. The van der Waals surface area contributed by atoms with Crippen LogP contribution in [0.2, 0.25) is 0 Å². The first-order valence-electron chi connectivity index (χ1n) is 39.5. The Morgan fingerprint density at radius 1 is 0.436 bits per heavy atom. The van der Waals surface area contributed by atoms with Crippen molar-refractivity contribution in [1.82, 2.24) is 19.6 Å². The average molecular weight is 1490 g/mol. The second kappa shape index (κ2) is 36.6. The van der Waals surface area contributed by atoms with Crippen molar-refractivity contribution >= 4 is 17.8 Å². The van der Waals surface area contributed by atoms with Gasteiger partial charge in [0.1, 0.15) is 41.1 Å². The third-order valence-electron chi connectivity index (χ3n) is 25.3. The van der Waals surface area contributed by atoms with Gasteiger partial charge in [-0.3, -0.25) is 14.4 Å². The summed E-state index contributed by atoms with van der Waals surface area (Å²) in [6, 6.07) is 55.9. The van der Waals surface area contributed by atoms with Crippen molar-refractivity contribution in [1.29, 1.82) is 31.6 Å². The van der Waals surface area contributed by atoms with Crippen molar-refractivity contribution in [3.05, 3.63) is 196 Å². The number of hydrogen-bond donors (Lipinski definition) is 0. The summed E-state index contributed by atoms with van der Waals surface area (Å²) in [4.78, 5) is 48.9. The molecule has 20 heteroatoms. The molecular formula is C90H100F2N10O8. The molecule has 18 nitrogen and oxygen atoms in total. The Balaban J connectivity index is 0.818. The van der Waals surface area contributed by atoms with Crippen LogP contribution in [0.4, 0.5) is 8.78 Å². The van der Waals surface area contributed by atoms with Gasteiger partial charge in [0.2, 0.25) is 5.91 Å². The average Bonchev–Trinajstić information content (AvgIpc) is 1.61. The summed E-state index contributed by atoms with van der Waals surface area (Å²) in [5.41, 5.74) is 0.669. The molecule has 6 aromatic rings. The molecule has 4 heterocycles. The van der Waals surface area contributed by atoms with Crippen LogP contribution < -0.4 is 14.2 Å². The van der Waals surface area contributed by atoms with Crippen LogP contribution in [0.25, 0.3) is 0 Å². The van der Waals surface area contributed by atoms with Crippen LogP contribution >= 0.6 is 0 Å². The quantitative estimate of drug-likeness (QED) is 0.0327. The topological polar surface area (TPSA) is 253 Å². The Bertz CT molecular complexity index is 4420. The first kappa shape index (κ1) is 79.4. The lowest BCUT2D eigenvalue weighted by molar-refractivity contribution is -0.150. The summed E-state index contributed by atoms with van der Waals surface area (Å²) in [5.74, 6) is -3.07. The number of esters is 2. The van der Waals surface area contributed by atoms with Gasteiger partial charge < -0.3 is 43.3 Å². The molecule has 2 saturated carbocycles. The van der Waals surface area contributed by atoms with E-state index in [1.165, 1.54) is 26.0 Å². The van der Waals surface area contributed by atoms with Crippen LogP contribution in [-0.4, -0.2) is 141 Å². The highest BCUT2D eigenvalue weighted by Crippen LogP contribution is 2.58. The molecule has 6 aromatic carbocycles. The minimum Gasteiger partial charge on any atom is -0.494 e. The highest BCUT2D eigenvalue weighted by Gasteiger charge is 2.59. The number of nitriles is 6. The molecule has 2 aliphatic carbocycles. The van der Waals surface area contributed by atoms with E-state index in [0.717, 1.165) is 81.6 Å². The molecule has 10 atom stereocenters. The molecule has 572 valence electrons. The maximum Gasteiger partial charge on any atom is 0.302 e. The molecule has 4 saturated heterocycles. The lowest BCUT2D eigenvalue weighted by atomic mass is 9.58. The smallest absolute Gasteiger partial charge is 0.302 e. The van der Waals surface area contributed by atoms with E-state index in [1.54, 1.807) is 91.9 Å². The van der Waals surface area contributed by atoms with Gasteiger partial charge in [-0.2, -0.15) is 31.6 Å². The number of benzene rings is 6. The predicted molar refractivity (Wildman–Crippen MR) is 409 cm³/mol. The number of carbonyl (C=O) groups is 3. The van der Waals surface area contributed by atoms with E-state index in [0.29, 0.717) is 144 Å². The maximum absolute atomic E-state index is 18.6. The van der Waals surface area contributed by atoms with E-state index in [4.69, 9.17) is 23.7 Å². The summed E-state index contributed by atoms with van der Waals surface area (Å²) in [7, 11) is 0. The number of piperidine rings is 4. The SMILES string of the molecule is CC(=O)O[C@H]1CC(c2ccc(C(C#N)(C3CCN(CCCOc4ccc(C#N)cc4)CC3)C3CCCN(C(C)=O)C3)cc2)C[C@@H]1C(C#N)(c1ccc(C2C[C@@H](C(C#N)(c3ccccc3F)C3CCN(CCCOc4ccc(C#N)cc4)CC3)[C@H](OC(C)=O)C2)cc1F)C1CCN(CCCOc2ccc(C#N)cc2)CC1. The predicted octanol–water partition coefficient (Wildman–Crippen LogP) is 14.9. The van der Waals surface area contributed by atoms with E-state index in [1.807, 2.05) is 23.1 Å². The Hall–Kier alpha value is -10.2. The third-order valence-corrected chi connectivity index (χ3v) is 25.3. The monoisotopic (exact) mass is 1490 g/mol. The molecule has 4 aliphatic heterocycles. The molecule has 0 N–H and O–H groups in total. The fourth-order valence-corrected chi connectivity index (χ4v) is 19.9. The van der Waals surface area contributed by atoms with Gasteiger partial charge in [0, 0.05) is 76.5 Å². The van der Waals surface area contributed by atoms with Gasteiger partial charge in [-0.15, -0.1) is 0 Å². The van der Waals surface area contributed by atoms with Crippen molar-refractivity contribution in [3.63, 3.8) is 0 Å². The Morgan fingerprint density at radius 3 is 1.21 bits per heavy atom. The molecule has 6 aliphatic rings. The molecular weight excluding hydrogens is 1390 g/mol. The normalized spacial score (nSPS) is 23.2. The van der Waals surface area contributed by atoms with Crippen LogP contribution in [0.15, 0.2) is 140 Å². The summed E-state index contributed by atoms with van der Waals surface area (Å²) in [6.07, 6.45) is 7.22. The van der Waals surface area contributed by atoms with Crippen LogP contribution in [0.1, 0.15) is 173 Å². The van der Waals surface area contributed by atoms with Gasteiger partial charge in [-0.25, -0.2) is 8.78 Å². The standard InChI is InChI=1S/C90H100F2N10O8/c1-62(103)102-40-6-10-76(58-102)88(59-96,73-31-41-99(42-32-73)37-7-47-106-77-24-13-65(55-93)14-25-77)72-22-19-68(20-23-72)70-50-82(86(53-70)109-63(2)104)90(61-98,75-35-45-101(46-36-75)39-9-49-108-79-28-17-67(57-95)18-29-79)81-30-21-69(52-85(81)92)71-51-83(87(54-71)110-64(3)105)89(60-97,80-11-4-5-12-84(80)91)74-33-43-100(44-34-74)38-8-48-107-78-26-15-66(56-94)16-27-78/h4-5,11-30,52,70-71,73-76,82-83,86-87H,6-10,31-51,53-54,58H2,1-3H3/t70?,71?,76?,82-,83+,86-,87+,88?,89?,90?/m0/s1. The van der Waals surface area contributed by atoms with Gasteiger partial charge in [0.05, 0.1) is 89.2 Å². The van der Waals surface area contributed by atoms with Gasteiger partial charge in [0.15, 0.2) is 0 Å². The number of rotatable bonds is 28. The van der Waals surface area contributed by atoms with Crippen LogP contribution in [0.5, 0.6) is 17.2 Å². The van der Waals surface area contributed by atoms with Crippen molar-refractivity contribution in [3.8, 4) is 53.7 Å². The molecule has 6 unspecified atom stereocenters. The number of carbonyl (C=O) groups excluding carboxylic acids is 3. The molecule has 0 radical (unpaired) electrons. The second-order valence-electron chi connectivity index (χ2n) is 31.3. The van der Waals surface area contributed by atoms with E-state index >= 15 is 8.78 Å². The van der Waals surface area contributed by atoms with Gasteiger partial charge in [-0.1, -0.05) is 54.6 Å². The molecule has 1 amide bonds. The first-order valence-corrected chi connectivity index (χ1v) is 39.5. The second-order valence-corrected chi connectivity index (χ2v) is 31.3. The lowest BCUT2D eigenvalue weighted by Gasteiger charge is -2.48. The fraction of sp³-hybridized carbons (Fsp3) is 0.500. The lowest BCUT2D eigenvalue weighted by Crippen LogP contribution is -2.52. The summed E-state index contributed by atoms with van der Waals surface area (Å²) in [5, 5.41) is 63.8. The van der Waals surface area contributed by atoms with E-state index in [9.17, 15) is 46.0 Å². The Labute approximate surface area is 646 Å². The highest BCUT2D eigenvalue weighted by molar-refractivity contribution is 5.73. The van der Waals surface area contributed by atoms with E-state index < -0.39 is 75.7 Å². The fourth-order valence-electron chi connectivity index (χ4n) is 19.9. The van der Waals surface area contributed by atoms with E-state index in [2.05, 4.69) is 75.4 Å².